The number of benzene rings is 1. The molecule has 3 N–H and O–H groups in total. The van der Waals surface area contributed by atoms with Gasteiger partial charge in [-0.3, -0.25) is 14.7 Å². The van der Waals surface area contributed by atoms with Gasteiger partial charge in [0.25, 0.3) is 5.91 Å². The quantitative estimate of drug-likeness (QED) is 0.713. The van der Waals surface area contributed by atoms with Crippen molar-refractivity contribution >= 4 is 11.9 Å². The van der Waals surface area contributed by atoms with Crippen molar-refractivity contribution in [2.24, 2.45) is 0 Å². The molecule has 0 saturated heterocycles. The molecule has 6 heteroatoms. The zero-order chi connectivity index (χ0) is 16.1. The molecule has 2 rings (SSSR count). The minimum atomic E-state index is -0.868. The zero-order valence-corrected chi connectivity index (χ0v) is 12.6. The van der Waals surface area contributed by atoms with Crippen LogP contribution in [0.4, 0.5) is 0 Å². The second-order valence-electron chi connectivity index (χ2n) is 5.24. The monoisotopic (exact) mass is 301 g/mol. The molecule has 0 aliphatic carbocycles. The molecular weight excluding hydrogens is 282 g/mol. The molecule has 0 atom stereocenters. The van der Waals surface area contributed by atoms with Crippen molar-refractivity contribution in [2.75, 3.05) is 6.54 Å². The third-order valence-corrected chi connectivity index (χ3v) is 3.33. The van der Waals surface area contributed by atoms with Crippen molar-refractivity contribution in [3.05, 3.63) is 41.1 Å². The van der Waals surface area contributed by atoms with Gasteiger partial charge in [-0.1, -0.05) is 23.8 Å². The van der Waals surface area contributed by atoms with Gasteiger partial charge in [-0.05, 0) is 31.9 Å². The van der Waals surface area contributed by atoms with E-state index in [0.29, 0.717) is 24.4 Å². The summed E-state index contributed by atoms with van der Waals surface area (Å²) in [7, 11) is 0. The molecule has 0 bridgehead atoms. The maximum absolute atomic E-state index is 11.9. The lowest BCUT2D eigenvalue weighted by molar-refractivity contribution is -0.137. The maximum Gasteiger partial charge on any atom is 0.303 e. The van der Waals surface area contributed by atoms with Crippen molar-refractivity contribution in [3.8, 4) is 11.3 Å². The molecule has 6 nitrogen and oxygen atoms in total. The van der Waals surface area contributed by atoms with Crippen molar-refractivity contribution in [1.29, 1.82) is 0 Å². The number of carbonyl (C=O) groups is 2. The highest BCUT2D eigenvalue weighted by Crippen LogP contribution is 2.22. The van der Waals surface area contributed by atoms with Crippen LogP contribution in [0.3, 0.4) is 0 Å². The molecule has 0 spiro atoms. The van der Waals surface area contributed by atoms with Gasteiger partial charge in [0, 0.05) is 18.5 Å². The fourth-order valence-corrected chi connectivity index (χ4v) is 2.21. The number of hydrogen-bond acceptors (Lipinski definition) is 3. The van der Waals surface area contributed by atoms with E-state index in [1.165, 1.54) is 5.56 Å². The van der Waals surface area contributed by atoms with Crippen molar-refractivity contribution < 1.29 is 14.7 Å². The number of carbonyl (C=O) groups excluding carboxylic acids is 1. The number of aromatic nitrogens is 2. The van der Waals surface area contributed by atoms with Gasteiger partial charge in [0.15, 0.2) is 0 Å². The number of nitrogens with zero attached hydrogens (tertiary/aromatic N) is 1. The first-order chi connectivity index (χ1) is 10.5. The van der Waals surface area contributed by atoms with E-state index in [2.05, 4.69) is 21.6 Å². The summed E-state index contributed by atoms with van der Waals surface area (Å²) in [6.45, 7) is 4.35. The number of hydrogen-bond donors (Lipinski definition) is 3. The number of carboxylic acid groups (broad SMARTS) is 1. The largest absolute Gasteiger partial charge is 0.481 e. The van der Waals surface area contributed by atoms with Gasteiger partial charge < -0.3 is 10.4 Å². The molecular formula is C16H19N3O3. The highest BCUT2D eigenvalue weighted by Gasteiger charge is 2.12. The summed E-state index contributed by atoms with van der Waals surface area (Å²) in [4.78, 5) is 22.3. The number of aryl methyl sites for hydroxylation is 2. The van der Waals surface area contributed by atoms with Crippen LogP contribution >= 0.6 is 0 Å². The van der Waals surface area contributed by atoms with Crippen LogP contribution in [-0.4, -0.2) is 33.7 Å². The van der Waals surface area contributed by atoms with Gasteiger partial charge in [0.2, 0.25) is 0 Å². The normalized spacial score (nSPS) is 10.5. The van der Waals surface area contributed by atoms with Crippen LogP contribution in [0.15, 0.2) is 24.3 Å². The SMILES string of the molecule is Cc1ccc(-c2cc(C(=O)NCCCC(=O)O)[nH]n2)c(C)c1. The Labute approximate surface area is 128 Å². The molecule has 1 amide bonds. The van der Waals surface area contributed by atoms with Crippen LogP contribution < -0.4 is 5.32 Å². The fraction of sp³-hybridized carbons (Fsp3) is 0.312. The van der Waals surface area contributed by atoms with Gasteiger partial charge in [-0.25, -0.2) is 0 Å². The van der Waals surface area contributed by atoms with Crippen LogP contribution in [0, 0.1) is 13.8 Å². The Hall–Kier alpha value is -2.63. The van der Waals surface area contributed by atoms with E-state index < -0.39 is 5.97 Å². The highest BCUT2D eigenvalue weighted by atomic mass is 16.4. The molecule has 0 fully saturated rings. The first kappa shape index (κ1) is 15.8. The van der Waals surface area contributed by atoms with Crippen molar-refractivity contribution in [2.45, 2.75) is 26.7 Å². The van der Waals surface area contributed by atoms with Gasteiger partial charge in [0.05, 0.1) is 5.69 Å². The summed E-state index contributed by atoms with van der Waals surface area (Å²) in [5, 5.41) is 18.1. The standard InChI is InChI=1S/C16H19N3O3/c1-10-5-6-12(11(2)8-10)13-9-14(19-18-13)16(22)17-7-3-4-15(20)21/h5-6,8-9H,3-4,7H2,1-2H3,(H,17,22)(H,18,19)(H,20,21). The average molecular weight is 301 g/mol. The predicted molar refractivity (Wildman–Crippen MR) is 82.7 cm³/mol. The summed E-state index contributed by atoms with van der Waals surface area (Å²) in [6.07, 6.45) is 0.441. The first-order valence-corrected chi connectivity index (χ1v) is 7.10. The third-order valence-electron chi connectivity index (χ3n) is 3.33. The highest BCUT2D eigenvalue weighted by molar-refractivity contribution is 5.93. The number of amides is 1. The molecule has 2 aromatic rings. The lowest BCUT2D eigenvalue weighted by Gasteiger charge is -2.03. The van der Waals surface area contributed by atoms with E-state index in [-0.39, 0.29) is 12.3 Å². The van der Waals surface area contributed by atoms with Gasteiger partial charge >= 0.3 is 5.97 Å². The van der Waals surface area contributed by atoms with Gasteiger partial charge in [0.1, 0.15) is 5.69 Å². The van der Waals surface area contributed by atoms with Crippen LogP contribution in [0.25, 0.3) is 11.3 Å². The second-order valence-corrected chi connectivity index (χ2v) is 5.24. The van der Waals surface area contributed by atoms with Crippen LogP contribution in [0.2, 0.25) is 0 Å². The Morgan fingerprint density at radius 2 is 2.05 bits per heavy atom. The van der Waals surface area contributed by atoms with E-state index in [1.807, 2.05) is 26.0 Å². The topological polar surface area (TPSA) is 95.1 Å². The number of nitrogens with one attached hydrogen (secondary N) is 2. The fourth-order valence-electron chi connectivity index (χ4n) is 2.21. The Balaban J connectivity index is 2.01. The Kier molecular flexibility index (Phi) is 4.93. The third kappa shape index (κ3) is 3.94. The average Bonchev–Trinajstić information content (AvgIpc) is 2.92. The molecule has 0 saturated carbocycles. The summed E-state index contributed by atoms with van der Waals surface area (Å²) in [5.74, 6) is -1.15. The van der Waals surface area contributed by atoms with E-state index >= 15 is 0 Å². The zero-order valence-electron chi connectivity index (χ0n) is 12.6. The predicted octanol–water partition coefficient (Wildman–Crippen LogP) is 2.29. The first-order valence-electron chi connectivity index (χ1n) is 7.10. The summed E-state index contributed by atoms with van der Waals surface area (Å²) < 4.78 is 0. The van der Waals surface area contributed by atoms with E-state index in [0.717, 1.165) is 11.1 Å². The smallest absolute Gasteiger partial charge is 0.303 e. The number of carboxylic acids is 1. The molecule has 0 aliphatic rings. The second kappa shape index (κ2) is 6.89. The molecule has 116 valence electrons. The van der Waals surface area contributed by atoms with Crippen LogP contribution in [0.1, 0.15) is 34.5 Å². The van der Waals surface area contributed by atoms with Gasteiger partial charge in [-0.2, -0.15) is 5.10 Å². The van der Waals surface area contributed by atoms with E-state index in [1.54, 1.807) is 6.07 Å². The van der Waals surface area contributed by atoms with Crippen LogP contribution in [0.5, 0.6) is 0 Å². The number of aliphatic carboxylic acids is 1. The molecule has 1 aromatic carbocycles. The molecule has 0 aliphatic heterocycles. The van der Waals surface area contributed by atoms with Crippen molar-refractivity contribution in [3.63, 3.8) is 0 Å². The number of aromatic amines is 1. The Bertz CT molecular complexity index is 692. The maximum atomic E-state index is 11.9. The van der Waals surface area contributed by atoms with Crippen LogP contribution in [-0.2, 0) is 4.79 Å². The summed E-state index contributed by atoms with van der Waals surface area (Å²) in [5.41, 5.74) is 4.33. The Morgan fingerprint density at radius 3 is 2.73 bits per heavy atom. The molecule has 0 unspecified atom stereocenters. The number of rotatable bonds is 6. The minimum absolute atomic E-state index is 0.0388. The molecule has 0 radical (unpaired) electrons. The summed E-state index contributed by atoms with van der Waals surface area (Å²) in [6, 6.07) is 7.75. The molecule has 1 aromatic heterocycles. The number of H-pyrrole nitrogens is 1. The Morgan fingerprint density at radius 1 is 1.27 bits per heavy atom. The van der Waals surface area contributed by atoms with Crippen molar-refractivity contribution in [1.82, 2.24) is 15.5 Å². The molecule has 22 heavy (non-hydrogen) atoms. The van der Waals surface area contributed by atoms with Gasteiger partial charge in [-0.15, -0.1) is 0 Å². The molecule has 1 heterocycles. The summed E-state index contributed by atoms with van der Waals surface area (Å²) >= 11 is 0. The van der Waals surface area contributed by atoms with E-state index in [9.17, 15) is 9.59 Å². The lowest BCUT2D eigenvalue weighted by Crippen LogP contribution is -2.25. The van der Waals surface area contributed by atoms with E-state index in [4.69, 9.17) is 5.11 Å². The minimum Gasteiger partial charge on any atom is -0.481 e. The lowest BCUT2D eigenvalue weighted by atomic mass is 10.0.